The summed E-state index contributed by atoms with van der Waals surface area (Å²) in [6.07, 6.45) is 0. The van der Waals surface area contributed by atoms with Crippen molar-refractivity contribution in [1.29, 1.82) is 0 Å². The summed E-state index contributed by atoms with van der Waals surface area (Å²) >= 11 is 0. The molecule has 8 heavy (non-hydrogen) atoms. The standard InChI is InChI=1S/C6H6N2/c7-5-3-1-2-4-6(5)8/h1-2H,7-8H2. The molecular formula is C6H6N2. The van der Waals surface area contributed by atoms with Gasteiger partial charge in [-0.2, -0.15) is 0 Å². The van der Waals surface area contributed by atoms with E-state index in [4.69, 9.17) is 11.5 Å². The SMILES string of the molecule is Nc1[c]cc[c]c1N. The Hall–Kier alpha value is -1.18. The Kier molecular flexibility index (Phi) is 1.08. The molecule has 4 N–H and O–H groups in total. The van der Waals surface area contributed by atoms with Crippen molar-refractivity contribution in [3.05, 3.63) is 24.3 Å². The highest BCUT2D eigenvalue weighted by Crippen LogP contribution is 2.08. The van der Waals surface area contributed by atoms with E-state index in [2.05, 4.69) is 12.1 Å². The molecule has 2 heteroatoms. The normalized spacial score (nSPS) is 9.00. The molecule has 0 aliphatic heterocycles. The van der Waals surface area contributed by atoms with Gasteiger partial charge >= 0.3 is 0 Å². The van der Waals surface area contributed by atoms with Crippen LogP contribution in [0.4, 0.5) is 11.4 Å². The molecule has 0 saturated carbocycles. The van der Waals surface area contributed by atoms with Crippen LogP contribution in [-0.4, -0.2) is 0 Å². The van der Waals surface area contributed by atoms with Gasteiger partial charge in [0.15, 0.2) is 0 Å². The van der Waals surface area contributed by atoms with Crippen LogP contribution in [0, 0.1) is 12.1 Å². The molecule has 0 aliphatic rings. The molecule has 0 amide bonds. The number of hydrogen-bond donors (Lipinski definition) is 2. The molecule has 0 heterocycles. The smallest absolute Gasteiger partial charge is 0.0634 e. The van der Waals surface area contributed by atoms with E-state index in [1.54, 1.807) is 12.1 Å². The zero-order valence-electron chi connectivity index (χ0n) is 4.31. The molecule has 1 aromatic carbocycles. The summed E-state index contributed by atoms with van der Waals surface area (Å²) in [5.74, 6) is 0. The Morgan fingerprint density at radius 1 is 1.00 bits per heavy atom. The van der Waals surface area contributed by atoms with Crippen molar-refractivity contribution < 1.29 is 0 Å². The Morgan fingerprint density at radius 3 is 1.62 bits per heavy atom. The maximum atomic E-state index is 5.31. The highest BCUT2D eigenvalue weighted by molar-refractivity contribution is 5.60. The zero-order chi connectivity index (χ0) is 5.98. The fourth-order valence-electron chi connectivity index (χ4n) is 0.418. The van der Waals surface area contributed by atoms with Gasteiger partial charge in [0.05, 0.1) is 11.4 Å². The van der Waals surface area contributed by atoms with Crippen LogP contribution in [-0.2, 0) is 0 Å². The van der Waals surface area contributed by atoms with Crippen molar-refractivity contribution in [2.75, 3.05) is 11.5 Å². The van der Waals surface area contributed by atoms with Gasteiger partial charge in [-0.05, 0) is 0 Å². The maximum absolute atomic E-state index is 5.31. The third kappa shape index (κ3) is 0.729. The average molecular weight is 106 g/mol. The van der Waals surface area contributed by atoms with Gasteiger partial charge in [-0.3, -0.25) is 0 Å². The number of hydrogen-bond acceptors (Lipinski definition) is 2. The highest BCUT2D eigenvalue weighted by Gasteiger charge is 1.86. The minimum atomic E-state index is 0.465. The van der Waals surface area contributed by atoms with Crippen LogP contribution in [0.1, 0.15) is 0 Å². The molecule has 0 aromatic heterocycles. The lowest BCUT2D eigenvalue weighted by Crippen LogP contribution is -1.92. The number of rotatable bonds is 0. The van der Waals surface area contributed by atoms with Crippen LogP contribution in [0.25, 0.3) is 0 Å². The molecule has 0 atom stereocenters. The van der Waals surface area contributed by atoms with Crippen LogP contribution in [0.5, 0.6) is 0 Å². The van der Waals surface area contributed by atoms with E-state index in [-0.39, 0.29) is 0 Å². The first-order valence-corrected chi connectivity index (χ1v) is 2.24. The van der Waals surface area contributed by atoms with E-state index in [9.17, 15) is 0 Å². The summed E-state index contributed by atoms with van der Waals surface area (Å²) in [7, 11) is 0. The minimum Gasteiger partial charge on any atom is -0.397 e. The van der Waals surface area contributed by atoms with Crippen molar-refractivity contribution in [3.63, 3.8) is 0 Å². The quantitative estimate of drug-likeness (QED) is 0.472. The van der Waals surface area contributed by atoms with Crippen LogP contribution in [0.2, 0.25) is 0 Å². The van der Waals surface area contributed by atoms with Crippen molar-refractivity contribution in [1.82, 2.24) is 0 Å². The fraction of sp³-hybridized carbons (Fsp3) is 0. The van der Waals surface area contributed by atoms with Gasteiger partial charge in [0, 0.05) is 12.1 Å². The lowest BCUT2D eigenvalue weighted by atomic mass is 10.3. The van der Waals surface area contributed by atoms with Crippen molar-refractivity contribution in [3.8, 4) is 0 Å². The van der Waals surface area contributed by atoms with Gasteiger partial charge in [0.25, 0.3) is 0 Å². The van der Waals surface area contributed by atoms with E-state index in [1.807, 2.05) is 0 Å². The molecule has 2 nitrogen and oxygen atoms in total. The number of anilines is 2. The number of nitrogens with two attached hydrogens (primary N) is 2. The second-order valence-corrected chi connectivity index (χ2v) is 1.45. The topological polar surface area (TPSA) is 52.0 Å². The van der Waals surface area contributed by atoms with Crippen LogP contribution < -0.4 is 11.5 Å². The average Bonchev–Trinajstić information content (AvgIpc) is 1.77. The van der Waals surface area contributed by atoms with Gasteiger partial charge in [-0.15, -0.1) is 0 Å². The van der Waals surface area contributed by atoms with E-state index >= 15 is 0 Å². The third-order valence-electron chi connectivity index (χ3n) is 0.851. The van der Waals surface area contributed by atoms with Crippen molar-refractivity contribution >= 4 is 11.4 Å². The molecule has 40 valence electrons. The van der Waals surface area contributed by atoms with Crippen LogP contribution >= 0.6 is 0 Å². The Balaban J connectivity index is 3.13. The molecule has 0 aliphatic carbocycles. The number of benzene rings is 1. The van der Waals surface area contributed by atoms with Gasteiger partial charge in [-0.25, -0.2) is 0 Å². The Morgan fingerprint density at radius 2 is 1.38 bits per heavy atom. The first kappa shape index (κ1) is 4.97. The first-order chi connectivity index (χ1) is 3.80. The molecule has 1 aromatic rings. The van der Waals surface area contributed by atoms with Crippen molar-refractivity contribution in [2.24, 2.45) is 0 Å². The highest BCUT2D eigenvalue weighted by atomic mass is 14.7. The largest absolute Gasteiger partial charge is 0.397 e. The van der Waals surface area contributed by atoms with Gasteiger partial charge < -0.3 is 11.5 Å². The van der Waals surface area contributed by atoms with E-state index in [0.29, 0.717) is 11.4 Å². The van der Waals surface area contributed by atoms with E-state index in [1.165, 1.54) is 0 Å². The molecule has 2 radical (unpaired) electrons. The molecule has 0 bridgehead atoms. The zero-order valence-corrected chi connectivity index (χ0v) is 4.31. The monoisotopic (exact) mass is 106 g/mol. The summed E-state index contributed by atoms with van der Waals surface area (Å²) in [6.45, 7) is 0. The van der Waals surface area contributed by atoms with Crippen LogP contribution in [0.15, 0.2) is 12.1 Å². The molecule has 1 rings (SSSR count). The van der Waals surface area contributed by atoms with E-state index < -0.39 is 0 Å². The van der Waals surface area contributed by atoms with Gasteiger partial charge in [0.1, 0.15) is 0 Å². The summed E-state index contributed by atoms with van der Waals surface area (Å²) in [5.41, 5.74) is 11.5. The molecule has 0 unspecified atom stereocenters. The summed E-state index contributed by atoms with van der Waals surface area (Å²) < 4.78 is 0. The maximum Gasteiger partial charge on any atom is 0.0634 e. The van der Waals surface area contributed by atoms with Crippen LogP contribution in [0.3, 0.4) is 0 Å². The number of nitrogen functional groups attached to an aromatic ring is 2. The lowest BCUT2D eigenvalue weighted by molar-refractivity contribution is 1.64. The Bertz CT molecular complexity index is 163. The predicted octanol–water partition coefficient (Wildman–Crippen LogP) is 0.451. The fourth-order valence-corrected chi connectivity index (χ4v) is 0.418. The summed E-state index contributed by atoms with van der Waals surface area (Å²) in [6, 6.07) is 8.79. The van der Waals surface area contributed by atoms with Gasteiger partial charge in [-0.1, -0.05) is 12.1 Å². The second kappa shape index (κ2) is 1.74. The Labute approximate surface area is 48.1 Å². The molecular weight excluding hydrogens is 100 g/mol. The first-order valence-electron chi connectivity index (χ1n) is 2.24. The second-order valence-electron chi connectivity index (χ2n) is 1.45. The van der Waals surface area contributed by atoms with Gasteiger partial charge in [0.2, 0.25) is 0 Å². The summed E-state index contributed by atoms with van der Waals surface area (Å²) in [5, 5.41) is 0. The molecule has 0 saturated heterocycles. The summed E-state index contributed by atoms with van der Waals surface area (Å²) in [4.78, 5) is 0. The lowest BCUT2D eigenvalue weighted by Gasteiger charge is -1.92. The van der Waals surface area contributed by atoms with Crippen molar-refractivity contribution in [2.45, 2.75) is 0 Å². The van der Waals surface area contributed by atoms with E-state index in [0.717, 1.165) is 0 Å². The molecule has 0 fully saturated rings. The minimum absolute atomic E-state index is 0.465. The molecule has 0 spiro atoms. The predicted molar refractivity (Wildman–Crippen MR) is 32.9 cm³/mol. The third-order valence-corrected chi connectivity index (χ3v) is 0.851.